The zero-order valence-corrected chi connectivity index (χ0v) is 19.2. The molecule has 2 aromatic rings. The molecule has 1 amide bonds. The maximum absolute atomic E-state index is 13.1. The first-order valence-corrected chi connectivity index (χ1v) is 11.6. The number of nitrogens with zero attached hydrogens (tertiary/aromatic N) is 2. The Kier molecular flexibility index (Phi) is 6.24. The minimum Gasteiger partial charge on any atom is -0.497 e. The molecule has 0 N–H and O–H groups in total. The van der Waals surface area contributed by atoms with Gasteiger partial charge in [-0.15, -0.1) is 0 Å². The third-order valence-electron chi connectivity index (χ3n) is 5.32. The molecule has 0 unspecified atom stereocenters. The summed E-state index contributed by atoms with van der Waals surface area (Å²) in [7, 11) is -2.19. The average molecular weight is 481 g/mol. The second kappa shape index (κ2) is 8.36. The van der Waals surface area contributed by atoms with Crippen LogP contribution >= 0.6 is 15.9 Å². The minimum absolute atomic E-state index is 0.149. The molecule has 6 nitrogen and oxygen atoms in total. The number of methoxy groups -OCH3 is 1. The van der Waals surface area contributed by atoms with Crippen LogP contribution in [0.1, 0.15) is 13.8 Å². The van der Waals surface area contributed by atoms with Crippen molar-refractivity contribution in [2.75, 3.05) is 38.2 Å². The van der Waals surface area contributed by atoms with Gasteiger partial charge in [0.15, 0.2) is 9.84 Å². The number of halogens is 1. The standard InChI is InChI=1S/C21H25BrN2O4S/c1-21(2,29(26,27)19-10-4-16(22)5-11-19)20(25)24-14-12-23(13-15-24)17-6-8-18(28-3)9-7-17/h4-11H,12-15H2,1-3H3. The third-order valence-corrected chi connectivity index (χ3v) is 8.25. The van der Waals surface area contributed by atoms with Crippen LogP contribution in [0.15, 0.2) is 57.9 Å². The number of hydrogen-bond donors (Lipinski definition) is 0. The highest BCUT2D eigenvalue weighted by Gasteiger charge is 2.45. The van der Waals surface area contributed by atoms with Crippen molar-refractivity contribution in [1.29, 1.82) is 0 Å². The van der Waals surface area contributed by atoms with E-state index in [-0.39, 0.29) is 10.8 Å². The summed E-state index contributed by atoms with van der Waals surface area (Å²) in [4.78, 5) is 17.1. The van der Waals surface area contributed by atoms with Crippen LogP contribution in [0, 0.1) is 0 Å². The van der Waals surface area contributed by atoms with E-state index in [1.165, 1.54) is 26.0 Å². The van der Waals surface area contributed by atoms with Crippen molar-refractivity contribution < 1.29 is 17.9 Å². The minimum atomic E-state index is -3.82. The van der Waals surface area contributed by atoms with Gasteiger partial charge in [-0.05, 0) is 62.4 Å². The van der Waals surface area contributed by atoms with Crippen molar-refractivity contribution in [3.63, 3.8) is 0 Å². The van der Waals surface area contributed by atoms with E-state index in [1.54, 1.807) is 24.1 Å². The normalized spacial score (nSPS) is 15.3. The summed E-state index contributed by atoms with van der Waals surface area (Å²) < 4.78 is 30.7. The summed E-state index contributed by atoms with van der Waals surface area (Å²) in [5.41, 5.74) is 1.06. The van der Waals surface area contributed by atoms with Crippen molar-refractivity contribution in [2.24, 2.45) is 0 Å². The van der Waals surface area contributed by atoms with Crippen molar-refractivity contribution >= 4 is 37.4 Å². The van der Waals surface area contributed by atoms with Gasteiger partial charge in [0, 0.05) is 36.3 Å². The Bertz CT molecular complexity index is 965. The molecule has 0 radical (unpaired) electrons. The molecule has 3 rings (SSSR count). The van der Waals surface area contributed by atoms with E-state index < -0.39 is 14.6 Å². The Morgan fingerprint density at radius 1 is 0.966 bits per heavy atom. The smallest absolute Gasteiger partial charge is 0.243 e. The van der Waals surface area contributed by atoms with E-state index >= 15 is 0 Å². The number of rotatable bonds is 5. The van der Waals surface area contributed by atoms with Crippen LogP contribution in [0.2, 0.25) is 0 Å². The van der Waals surface area contributed by atoms with E-state index in [1.807, 2.05) is 24.3 Å². The Morgan fingerprint density at radius 2 is 1.52 bits per heavy atom. The molecule has 0 bridgehead atoms. The quantitative estimate of drug-likeness (QED) is 0.656. The highest BCUT2D eigenvalue weighted by atomic mass is 79.9. The number of sulfone groups is 1. The number of hydrogen-bond acceptors (Lipinski definition) is 5. The van der Waals surface area contributed by atoms with Gasteiger partial charge in [0.25, 0.3) is 0 Å². The predicted octanol–water partition coefficient (Wildman–Crippen LogP) is 3.36. The first-order valence-electron chi connectivity index (χ1n) is 9.35. The average Bonchev–Trinajstić information content (AvgIpc) is 2.73. The van der Waals surface area contributed by atoms with Crippen LogP contribution in [0.4, 0.5) is 5.69 Å². The molecule has 1 aliphatic rings. The molecule has 1 fully saturated rings. The number of piperazine rings is 1. The molecule has 0 spiro atoms. The number of anilines is 1. The summed E-state index contributed by atoms with van der Waals surface area (Å²) in [6.45, 7) is 5.22. The molecular weight excluding hydrogens is 456 g/mol. The first kappa shape index (κ1) is 21.6. The molecule has 8 heteroatoms. The van der Waals surface area contributed by atoms with Crippen molar-refractivity contribution in [3.8, 4) is 5.75 Å². The fraction of sp³-hybridized carbons (Fsp3) is 0.381. The van der Waals surface area contributed by atoms with E-state index in [4.69, 9.17) is 4.74 Å². The van der Waals surface area contributed by atoms with Crippen LogP contribution in [0.25, 0.3) is 0 Å². The molecule has 0 aliphatic carbocycles. The van der Waals surface area contributed by atoms with Crippen LogP contribution in [-0.2, 0) is 14.6 Å². The van der Waals surface area contributed by atoms with Gasteiger partial charge < -0.3 is 14.5 Å². The Hall–Kier alpha value is -2.06. The molecule has 1 heterocycles. The summed E-state index contributed by atoms with van der Waals surface area (Å²) >= 11 is 3.31. The van der Waals surface area contributed by atoms with E-state index in [0.717, 1.165) is 15.9 Å². The van der Waals surface area contributed by atoms with Gasteiger partial charge in [0.1, 0.15) is 10.5 Å². The lowest BCUT2D eigenvalue weighted by molar-refractivity contribution is -0.133. The van der Waals surface area contributed by atoms with Crippen molar-refractivity contribution in [3.05, 3.63) is 53.0 Å². The van der Waals surface area contributed by atoms with Crippen LogP contribution < -0.4 is 9.64 Å². The number of benzene rings is 2. The number of ether oxygens (including phenoxy) is 1. The van der Waals surface area contributed by atoms with Crippen LogP contribution in [-0.4, -0.2) is 57.3 Å². The monoisotopic (exact) mass is 480 g/mol. The molecule has 156 valence electrons. The molecule has 29 heavy (non-hydrogen) atoms. The lowest BCUT2D eigenvalue weighted by Crippen LogP contribution is -2.56. The molecule has 0 saturated carbocycles. The van der Waals surface area contributed by atoms with E-state index in [0.29, 0.717) is 26.2 Å². The fourth-order valence-corrected chi connectivity index (χ4v) is 5.07. The van der Waals surface area contributed by atoms with Gasteiger partial charge in [-0.25, -0.2) is 8.42 Å². The molecule has 2 aromatic carbocycles. The Morgan fingerprint density at radius 3 is 2.03 bits per heavy atom. The zero-order chi connectivity index (χ0) is 21.2. The SMILES string of the molecule is COc1ccc(N2CCN(C(=O)C(C)(C)S(=O)(=O)c3ccc(Br)cc3)CC2)cc1. The zero-order valence-electron chi connectivity index (χ0n) is 16.8. The van der Waals surface area contributed by atoms with Gasteiger partial charge in [0.05, 0.1) is 12.0 Å². The molecule has 0 atom stereocenters. The Balaban J connectivity index is 1.71. The van der Waals surface area contributed by atoms with Gasteiger partial charge in [-0.2, -0.15) is 0 Å². The summed E-state index contributed by atoms with van der Waals surface area (Å²) in [5, 5.41) is 0. The largest absolute Gasteiger partial charge is 0.497 e. The topological polar surface area (TPSA) is 66.9 Å². The molecule has 0 aromatic heterocycles. The summed E-state index contributed by atoms with van der Waals surface area (Å²) in [5.74, 6) is 0.428. The first-order chi connectivity index (χ1) is 13.7. The summed E-state index contributed by atoms with van der Waals surface area (Å²) in [6.07, 6.45) is 0. The fourth-order valence-electron chi connectivity index (χ4n) is 3.36. The maximum atomic E-state index is 13.1. The summed E-state index contributed by atoms with van der Waals surface area (Å²) in [6, 6.07) is 14.2. The second-order valence-corrected chi connectivity index (χ2v) is 10.9. The van der Waals surface area contributed by atoms with Crippen molar-refractivity contribution in [1.82, 2.24) is 4.90 Å². The predicted molar refractivity (Wildman–Crippen MR) is 117 cm³/mol. The lowest BCUT2D eigenvalue weighted by Gasteiger charge is -2.39. The van der Waals surface area contributed by atoms with Crippen LogP contribution in [0.3, 0.4) is 0 Å². The number of amides is 1. The number of carbonyl (C=O) groups is 1. The van der Waals surface area contributed by atoms with Crippen molar-refractivity contribution in [2.45, 2.75) is 23.5 Å². The molecular formula is C21H25BrN2O4S. The third kappa shape index (κ3) is 4.28. The van der Waals surface area contributed by atoms with E-state index in [9.17, 15) is 13.2 Å². The maximum Gasteiger partial charge on any atom is 0.243 e. The van der Waals surface area contributed by atoms with Gasteiger partial charge >= 0.3 is 0 Å². The van der Waals surface area contributed by atoms with Gasteiger partial charge in [0.2, 0.25) is 5.91 Å². The molecule has 1 saturated heterocycles. The van der Waals surface area contributed by atoms with Gasteiger partial charge in [-0.1, -0.05) is 15.9 Å². The van der Waals surface area contributed by atoms with Gasteiger partial charge in [-0.3, -0.25) is 4.79 Å². The number of carbonyl (C=O) groups excluding carboxylic acids is 1. The lowest BCUT2D eigenvalue weighted by atomic mass is 10.1. The van der Waals surface area contributed by atoms with Crippen LogP contribution in [0.5, 0.6) is 5.75 Å². The second-order valence-electron chi connectivity index (χ2n) is 7.44. The molecule has 1 aliphatic heterocycles. The highest BCUT2D eigenvalue weighted by Crippen LogP contribution is 2.29. The van der Waals surface area contributed by atoms with E-state index in [2.05, 4.69) is 20.8 Å². The highest BCUT2D eigenvalue weighted by molar-refractivity contribution is 9.10. The Labute approximate surface area is 180 Å².